The van der Waals surface area contributed by atoms with E-state index in [1.807, 2.05) is 25.7 Å². The zero-order chi connectivity index (χ0) is 14.3. The molecular formula is C17H23NO2. The first kappa shape index (κ1) is 13.5. The van der Waals surface area contributed by atoms with Gasteiger partial charge in [0.25, 0.3) is 0 Å². The highest BCUT2D eigenvalue weighted by atomic mass is 16.6. The smallest absolute Gasteiger partial charge is 0.410 e. The van der Waals surface area contributed by atoms with Gasteiger partial charge in [-0.05, 0) is 62.6 Å². The summed E-state index contributed by atoms with van der Waals surface area (Å²) in [6.45, 7) is 7.17. The summed E-state index contributed by atoms with van der Waals surface area (Å²) in [6, 6.07) is 6.80. The summed E-state index contributed by atoms with van der Waals surface area (Å²) in [4.78, 5) is 14.0. The summed E-state index contributed by atoms with van der Waals surface area (Å²) in [5.74, 6) is 0.761. The maximum atomic E-state index is 12.2. The molecule has 0 saturated heterocycles. The van der Waals surface area contributed by atoms with Gasteiger partial charge in [-0.3, -0.25) is 0 Å². The lowest BCUT2D eigenvalue weighted by atomic mass is 9.96. The molecule has 0 radical (unpaired) electrons. The van der Waals surface area contributed by atoms with Crippen molar-refractivity contribution in [1.29, 1.82) is 0 Å². The van der Waals surface area contributed by atoms with Gasteiger partial charge in [0.15, 0.2) is 0 Å². The van der Waals surface area contributed by atoms with E-state index in [0.29, 0.717) is 6.54 Å². The van der Waals surface area contributed by atoms with Gasteiger partial charge in [-0.2, -0.15) is 0 Å². The van der Waals surface area contributed by atoms with Crippen LogP contribution in [0.3, 0.4) is 0 Å². The summed E-state index contributed by atoms with van der Waals surface area (Å²) >= 11 is 0. The van der Waals surface area contributed by atoms with Gasteiger partial charge < -0.3 is 9.64 Å². The van der Waals surface area contributed by atoms with E-state index < -0.39 is 5.60 Å². The fourth-order valence-corrected chi connectivity index (χ4v) is 2.73. The fraction of sp³-hybridized carbons (Fsp3) is 0.588. The Morgan fingerprint density at radius 1 is 1.25 bits per heavy atom. The Hall–Kier alpha value is -1.51. The van der Waals surface area contributed by atoms with E-state index in [4.69, 9.17) is 4.74 Å². The van der Waals surface area contributed by atoms with E-state index in [0.717, 1.165) is 18.9 Å². The standard InChI is InChI=1S/C17H23NO2/c1-17(2,3)20-16(19)18-9-8-13-6-7-14(12-4-5-12)10-15(13)11-18/h6-7,10,12H,4-5,8-9,11H2,1-3H3. The zero-order valence-electron chi connectivity index (χ0n) is 12.6. The number of hydrogen-bond acceptors (Lipinski definition) is 2. The van der Waals surface area contributed by atoms with Crippen LogP contribution in [0.4, 0.5) is 4.79 Å². The molecule has 3 heteroatoms. The van der Waals surface area contributed by atoms with Crippen molar-refractivity contribution >= 4 is 6.09 Å². The van der Waals surface area contributed by atoms with Crippen LogP contribution in [-0.4, -0.2) is 23.1 Å². The number of carbonyl (C=O) groups excluding carboxylic acids is 1. The minimum atomic E-state index is -0.423. The number of carbonyl (C=O) groups is 1. The molecule has 1 aliphatic carbocycles. The number of nitrogens with zero attached hydrogens (tertiary/aromatic N) is 1. The maximum absolute atomic E-state index is 12.2. The molecule has 0 N–H and O–H groups in total. The van der Waals surface area contributed by atoms with E-state index in [1.54, 1.807) is 0 Å². The van der Waals surface area contributed by atoms with Gasteiger partial charge in [0, 0.05) is 13.1 Å². The molecule has 0 spiro atoms. The second-order valence-electron chi connectivity index (χ2n) is 6.95. The number of fused-ring (bicyclic) bond motifs is 1. The van der Waals surface area contributed by atoms with Crippen LogP contribution in [0.5, 0.6) is 0 Å². The minimum Gasteiger partial charge on any atom is -0.444 e. The summed E-state index contributed by atoms with van der Waals surface area (Å²) in [5, 5.41) is 0. The van der Waals surface area contributed by atoms with Gasteiger partial charge >= 0.3 is 6.09 Å². The molecule has 3 nitrogen and oxygen atoms in total. The molecule has 0 bridgehead atoms. The average molecular weight is 273 g/mol. The monoisotopic (exact) mass is 273 g/mol. The normalized spacial score (nSPS) is 18.6. The van der Waals surface area contributed by atoms with Crippen molar-refractivity contribution in [3.63, 3.8) is 0 Å². The van der Waals surface area contributed by atoms with Gasteiger partial charge in [-0.1, -0.05) is 18.2 Å². The SMILES string of the molecule is CC(C)(C)OC(=O)N1CCc2ccc(C3CC3)cc2C1. The molecule has 2 aliphatic rings. The zero-order valence-corrected chi connectivity index (χ0v) is 12.6. The Kier molecular flexibility index (Phi) is 3.23. The number of hydrogen-bond donors (Lipinski definition) is 0. The Labute approximate surface area is 120 Å². The van der Waals surface area contributed by atoms with Crippen LogP contribution in [-0.2, 0) is 17.7 Å². The van der Waals surface area contributed by atoms with Crippen LogP contribution in [0.2, 0.25) is 0 Å². The van der Waals surface area contributed by atoms with Gasteiger partial charge in [0.05, 0.1) is 0 Å². The van der Waals surface area contributed by atoms with Crippen LogP contribution < -0.4 is 0 Å². The predicted octanol–water partition coefficient (Wildman–Crippen LogP) is 3.86. The second-order valence-corrected chi connectivity index (χ2v) is 6.95. The topological polar surface area (TPSA) is 29.5 Å². The molecule has 1 aromatic carbocycles. The summed E-state index contributed by atoms with van der Waals surface area (Å²) in [5.41, 5.74) is 3.70. The molecule has 1 saturated carbocycles. The first-order valence-electron chi connectivity index (χ1n) is 7.52. The van der Waals surface area contributed by atoms with Crippen LogP contribution in [0, 0.1) is 0 Å². The van der Waals surface area contributed by atoms with Crippen molar-refractivity contribution in [2.45, 2.75) is 58.1 Å². The Bertz CT molecular complexity index is 526. The van der Waals surface area contributed by atoms with Crippen LogP contribution in [0.1, 0.15) is 56.2 Å². The van der Waals surface area contributed by atoms with E-state index in [1.165, 1.54) is 29.5 Å². The third-order valence-electron chi connectivity index (χ3n) is 3.94. The lowest BCUT2D eigenvalue weighted by Crippen LogP contribution is -2.39. The molecule has 1 aliphatic heterocycles. The van der Waals surface area contributed by atoms with Crippen molar-refractivity contribution < 1.29 is 9.53 Å². The lowest BCUT2D eigenvalue weighted by Gasteiger charge is -2.31. The first-order chi connectivity index (χ1) is 9.42. The van der Waals surface area contributed by atoms with Crippen molar-refractivity contribution in [2.75, 3.05) is 6.54 Å². The molecule has 0 unspecified atom stereocenters. The van der Waals surface area contributed by atoms with Crippen molar-refractivity contribution in [3.05, 3.63) is 34.9 Å². The number of ether oxygens (including phenoxy) is 1. The van der Waals surface area contributed by atoms with E-state index in [9.17, 15) is 4.79 Å². The first-order valence-corrected chi connectivity index (χ1v) is 7.52. The summed E-state index contributed by atoms with van der Waals surface area (Å²) in [6.07, 6.45) is 3.36. The minimum absolute atomic E-state index is 0.194. The maximum Gasteiger partial charge on any atom is 0.410 e. The highest BCUT2D eigenvalue weighted by Gasteiger charge is 2.28. The van der Waals surface area contributed by atoms with Crippen molar-refractivity contribution in [3.8, 4) is 0 Å². The summed E-state index contributed by atoms with van der Waals surface area (Å²) < 4.78 is 5.47. The van der Waals surface area contributed by atoms with E-state index >= 15 is 0 Å². The number of amides is 1. The quantitative estimate of drug-likeness (QED) is 0.777. The average Bonchev–Trinajstić information content (AvgIpc) is 3.19. The van der Waals surface area contributed by atoms with Gasteiger partial charge in [0.2, 0.25) is 0 Å². The van der Waals surface area contributed by atoms with Crippen LogP contribution in [0.15, 0.2) is 18.2 Å². The van der Waals surface area contributed by atoms with Crippen LogP contribution >= 0.6 is 0 Å². The third-order valence-corrected chi connectivity index (χ3v) is 3.94. The molecule has 1 heterocycles. The molecular weight excluding hydrogens is 250 g/mol. The van der Waals surface area contributed by atoms with E-state index in [2.05, 4.69) is 18.2 Å². The molecule has 0 aromatic heterocycles. The number of benzene rings is 1. The van der Waals surface area contributed by atoms with Crippen LogP contribution in [0.25, 0.3) is 0 Å². The van der Waals surface area contributed by atoms with Gasteiger partial charge in [-0.25, -0.2) is 4.79 Å². The molecule has 1 aromatic rings. The Balaban J connectivity index is 1.73. The largest absolute Gasteiger partial charge is 0.444 e. The highest BCUT2D eigenvalue weighted by molar-refractivity contribution is 5.68. The Morgan fingerprint density at radius 2 is 2.00 bits per heavy atom. The molecule has 1 amide bonds. The molecule has 3 rings (SSSR count). The fourth-order valence-electron chi connectivity index (χ4n) is 2.73. The number of rotatable bonds is 1. The molecule has 20 heavy (non-hydrogen) atoms. The van der Waals surface area contributed by atoms with Gasteiger partial charge in [-0.15, -0.1) is 0 Å². The molecule has 108 valence electrons. The Morgan fingerprint density at radius 3 is 2.65 bits per heavy atom. The second kappa shape index (κ2) is 4.80. The van der Waals surface area contributed by atoms with Crippen molar-refractivity contribution in [2.24, 2.45) is 0 Å². The lowest BCUT2D eigenvalue weighted by molar-refractivity contribution is 0.0224. The van der Waals surface area contributed by atoms with Gasteiger partial charge in [0.1, 0.15) is 5.60 Å². The molecule has 1 fully saturated rings. The highest BCUT2D eigenvalue weighted by Crippen LogP contribution is 2.41. The molecule has 0 atom stereocenters. The predicted molar refractivity (Wildman–Crippen MR) is 78.8 cm³/mol. The van der Waals surface area contributed by atoms with E-state index in [-0.39, 0.29) is 6.09 Å². The van der Waals surface area contributed by atoms with Crippen molar-refractivity contribution in [1.82, 2.24) is 4.90 Å². The summed E-state index contributed by atoms with van der Waals surface area (Å²) in [7, 11) is 0. The third kappa shape index (κ3) is 2.97.